The van der Waals surface area contributed by atoms with Crippen LogP contribution < -0.4 is 5.32 Å². The van der Waals surface area contributed by atoms with Gasteiger partial charge in [-0.3, -0.25) is 4.79 Å². The summed E-state index contributed by atoms with van der Waals surface area (Å²) in [5, 5.41) is 3.34. The molecule has 1 amide bonds. The molecule has 2 aromatic carbocycles. The van der Waals surface area contributed by atoms with Gasteiger partial charge in [0.15, 0.2) is 0 Å². The molecular weight excluding hydrogens is 284 g/mol. The predicted molar refractivity (Wildman–Crippen MR) is 85.2 cm³/mol. The Kier molecular flexibility index (Phi) is 3.75. The number of rotatable bonds is 3. The van der Waals surface area contributed by atoms with E-state index in [1.165, 1.54) is 0 Å². The minimum absolute atomic E-state index is 0.183. The number of carbonyl (C=O) groups excluding carboxylic acids is 1. The van der Waals surface area contributed by atoms with Gasteiger partial charge in [0.25, 0.3) is 5.91 Å². The number of nitrogens with zero attached hydrogens (tertiary/aromatic N) is 1. The summed E-state index contributed by atoms with van der Waals surface area (Å²) in [6.45, 7) is 0. The standard InChI is InChI=1S/C17H13ClN2O/c18-15-8-1-2-9-16(15)19-17(21)13-6-5-7-14(12-13)20-10-3-4-11-20/h1-12H,(H,19,21). The van der Waals surface area contributed by atoms with Gasteiger partial charge in [0, 0.05) is 23.6 Å². The van der Waals surface area contributed by atoms with Crippen molar-refractivity contribution in [1.82, 2.24) is 4.57 Å². The lowest BCUT2D eigenvalue weighted by molar-refractivity contribution is 0.102. The largest absolute Gasteiger partial charge is 0.324 e. The van der Waals surface area contributed by atoms with Crippen molar-refractivity contribution in [3.05, 3.63) is 83.6 Å². The summed E-state index contributed by atoms with van der Waals surface area (Å²) in [5.41, 5.74) is 2.13. The Labute approximate surface area is 127 Å². The number of carbonyl (C=O) groups is 1. The van der Waals surface area contributed by atoms with Gasteiger partial charge in [0.05, 0.1) is 10.7 Å². The maximum atomic E-state index is 12.3. The van der Waals surface area contributed by atoms with Gasteiger partial charge in [-0.2, -0.15) is 0 Å². The Hall–Kier alpha value is -2.52. The first-order valence-electron chi connectivity index (χ1n) is 6.53. The van der Waals surface area contributed by atoms with Crippen LogP contribution in [0.15, 0.2) is 73.1 Å². The maximum absolute atomic E-state index is 12.3. The number of halogens is 1. The quantitative estimate of drug-likeness (QED) is 0.764. The number of hydrogen-bond acceptors (Lipinski definition) is 1. The highest BCUT2D eigenvalue weighted by Crippen LogP contribution is 2.21. The topological polar surface area (TPSA) is 34.0 Å². The highest BCUT2D eigenvalue weighted by Gasteiger charge is 2.09. The van der Waals surface area contributed by atoms with E-state index in [2.05, 4.69) is 5.32 Å². The molecule has 0 saturated carbocycles. The van der Waals surface area contributed by atoms with Gasteiger partial charge in [0.1, 0.15) is 0 Å². The molecule has 0 radical (unpaired) electrons. The second-order valence-corrected chi connectivity index (χ2v) is 4.98. The summed E-state index contributed by atoms with van der Waals surface area (Å²) >= 11 is 6.05. The minimum atomic E-state index is -0.183. The molecule has 0 unspecified atom stereocenters. The highest BCUT2D eigenvalue weighted by molar-refractivity contribution is 6.33. The Balaban J connectivity index is 1.85. The van der Waals surface area contributed by atoms with Crippen molar-refractivity contribution in [1.29, 1.82) is 0 Å². The van der Waals surface area contributed by atoms with Crippen molar-refractivity contribution in [3.8, 4) is 5.69 Å². The monoisotopic (exact) mass is 296 g/mol. The second kappa shape index (κ2) is 5.85. The third-order valence-electron chi connectivity index (χ3n) is 3.13. The molecule has 1 heterocycles. The molecule has 0 atom stereocenters. The molecule has 0 saturated heterocycles. The molecule has 21 heavy (non-hydrogen) atoms. The van der Waals surface area contributed by atoms with Gasteiger partial charge >= 0.3 is 0 Å². The van der Waals surface area contributed by atoms with E-state index < -0.39 is 0 Å². The Bertz CT molecular complexity index is 766. The van der Waals surface area contributed by atoms with E-state index in [0.29, 0.717) is 16.3 Å². The van der Waals surface area contributed by atoms with E-state index in [1.807, 2.05) is 59.4 Å². The fourth-order valence-electron chi connectivity index (χ4n) is 2.07. The number of amides is 1. The molecule has 4 heteroatoms. The maximum Gasteiger partial charge on any atom is 0.255 e. The Morgan fingerprint density at radius 1 is 0.952 bits per heavy atom. The number of benzene rings is 2. The molecule has 0 spiro atoms. The smallest absolute Gasteiger partial charge is 0.255 e. The summed E-state index contributed by atoms with van der Waals surface area (Å²) in [7, 11) is 0. The molecule has 104 valence electrons. The lowest BCUT2D eigenvalue weighted by atomic mass is 10.2. The summed E-state index contributed by atoms with van der Waals surface area (Å²) in [6, 6.07) is 18.5. The van der Waals surface area contributed by atoms with Crippen LogP contribution in [-0.4, -0.2) is 10.5 Å². The van der Waals surface area contributed by atoms with Gasteiger partial charge in [0.2, 0.25) is 0 Å². The zero-order valence-corrected chi connectivity index (χ0v) is 11.9. The van der Waals surface area contributed by atoms with Gasteiger partial charge in [-0.05, 0) is 42.5 Å². The van der Waals surface area contributed by atoms with Crippen LogP contribution in [0.3, 0.4) is 0 Å². The second-order valence-electron chi connectivity index (χ2n) is 4.57. The van der Waals surface area contributed by atoms with Crippen LogP contribution in [0.25, 0.3) is 5.69 Å². The predicted octanol–water partition coefficient (Wildman–Crippen LogP) is 4.38. The molecule has 1 aromatic heterocycles. The Morgan fingerprint density at radius 3 is 2.48 bits per heavy atom. The number of para-hydroxylation sites is 1. The summed E-state index contributed by atoms with van der Waals surface area (Å²) < 4.78 is 1.95. The van der Waals surface area contributed by atoms with Crippen LogP contribution >= 0.6 is 11.6 Å². The molecule has 3 rings (SSSR count). The molecule has 0 fully saturated rings. The molecule has 0 aliphatic carbocycles. The summed E-state index contributed by atoms with van der Waals surface area (Å²) in [5.74, 6) is -0.183. The highest BCUT2D eigenvalue weighted by atomic mass is 35.5. The van der Waals surface area contributed by atoms with Crippen LogP contribution in [0.4, 0.5) is 5.69 Å². The molecule has 0 bridgehead atoms. The van der Waals surface area contributed by atoms with Crippen molar-refractivity contribution in [2.24, 2.45) is 0 Å². The van der Waals surface area contributed by atoms with Crippen molar-refractivity contribution in [2.75, 3.05) is 5.32 Å². The van der Waals surface area contributed by atoms with Crippen LogP contribution in [-0.2, 0) is 0 Å². The van der Waals surface area contributed by atoms with Crippen LogP contribution in [0.5, 0.6) is 0 Å². The van der Waals surface area contributed by atoms with Crippen molar-refractivity contribution in [2.45, 2.75) is 0 Å². The number of hydrogen-bond donors (Lipinski definition) is 1. The summed E-state index contributed by atoms with van der Waals surface area (Å²) in [4.78, 5) is 12.3. The van der Waals surface area contributed by atoms with Crippen LogP contribution in [0.1, 0.15) is 10.4 Å². The van der Waals surface area contributed by atoms with E-state index >= 15 is 0 Å². The molecule has 3 nitrogen and oxygen atoms in total. The zero-order valence-electron chi connectivity index (χ0n) is 11.2. The fourth-order valence-corrected chi connectivity index (χ4v) is 2.25. The average molecular weight is 297 g/mol. The van der Waals surface area contributed by atoms with Crippen molar-refractivity contribution >= 4 is 23.2 Å². The minimum Gasteiger partial charge on any atom is -0.324 e. The Morgan fingerprint density at radius 2 is 1.71 bits per heavy atom. The van der Waals surface area contributed by atoms with E-state index in [-0.39, 0.29) is 5.91 Å². The third kappa shape index (κ3) is 2.98. The normalized spacial score (nSPS) is 10.3. The fraction of sp³-hybridized carbons (Fsp3) is 0. The van der Waals surface area contributed by atoms with Crippen molar-refractivity contribution in [3.63, 3.8) is 0 Å². The van der Waals surface area contributed by atoms with Gasteiger partial charge < -0.3 is 9.88 Å². The van der Waals surface area contributed by atoms with Gasteiger partial charge in [-0.15, -0.1) is 0 Å². The van der Waals surface area contributed by atoms with E-state index in [4.69, 9.17) is 11.6 Å². The zero-order chi connectivity index (χ0) is 14.7. The van der Waals surface area contributed by atoms with Gasteiger partial charge in [-0.25, -0.2) is 0 Å². The first kappa shape index (κ1) is 13.5. The molecular formula is C17H13ClN2O. The van der Waals surface area contributed by atoms with Crippen LogP contribution in [0.2, 0.25) is 5.02 Å². The molecule has 1 N–H and O–H groups in total. The molecule has 0 aliphatic rings. The lowest BCUT2D eigenvalue weighted by Crippen LogP contribution is -2.12. The first-order chi connectivity index (χ1) is 10.2. The van der Waals surface area contributed by atoms with E-state index in [9.17, 15) is 4.79 Å². The average Bonchev–Trinajstić information content (AvgIpc) is 3.04. The van der Waals surface area contributed by atoms with Crippen molar-refractivity contribution < 1.29 is 4.79 Å². The number of aromatic nitrogens is 1. The van der Waals surface area contributed by atoms with Crippen LogP contribution in [0, 0.1) is 0 Å². The molecule has 3 aromatic rings. The van der Waals surface area contributed by atoms with E-state index in [1.54, 1.807) is 18.2 Å². The van der Waals surface area contributed by atoms with E-state index in [0.717, 1.165) is 5.69 Å². The number of nitrogens with one attached hydrogen (secondary N) is 1. The van der Waals surface area contributed by atoms with Gasteiger partial charge in [-0.1, -0.05) is 29.8 Å². The lowest BCUT2D eigenvalue weighted by Gasteiger charge is -2.09. The first-order valence-corrected chi connectivity index (χ1v) is 6.91. The summed E-state index contributed by atoms with van der Waals surface area (Å²) in [6.07, 6.45) is 3.87. The third-order valence-corrected chi connectivity index (χ3v) is 3.46. The number of anilines is 1. The molecule has 0 aliphatic heterocycles. The SMILES string of the molecule is O=C(Nc1ccccc1Cl)c1cccc(-n2cccc2)c1.